The predicted octanol–water partition coefficient (Wildman–Crippen LogP) is 5.33. The molecular formula is C26H23Cl2N7OS. The van der Waals surface area contributed by atoms with Crippen LogP contribution in [0, 0.1) is 6.92 Å². The fraction of sp³-hybridized carbons (Fsp3) is 0.269. The number of hydrogen-bond donors (Lipinski definition) is 0. The van der Waals surface area contributed by atoms with Crippen LogP contribution in [0.4, 0.5) is 0 Å². The second-order valence-electron chi connectivity index (χ2n) is 8.88. The maximum atomic E-state index is 6.07. The molecule has 0 saturated carbocycles. The standard InChI is InChI=1S/C26H23Cl2N7OS/c1-16-2-5-19(37-16)22-23(25-29-8-10-34(25)14-17-3-6-20(27)31-12-17)33-36-24(22)26-30-9-11-35(26)15-18-4-7-21(28)32-13-18/h2-7,12-13H,8-11,14-15H2,1H3. The summed E-state index contributed by atoms with van der Waals surface area (Å²) >= 11 is 13.7. The molecule has 0 aliphatic carbocycles. The van der Waals surface area contributed by atoms with Gasteiger partial charge in [0, 0.05) is 48.3 Å². The van der Waals surface area contributed by atoms with E-state index >= 15 is 0 Å². The van der Waals surface area contributed by atoms with Crippen LogP contribution in [0.15, 0.2) is 63.3 Å². The third kappa shape index (κ3) is 4.99. The zero-order valence-electron chi connectivity index (χ0n) is 20.1. The fourth-order valence-corrected chi connectivity index (χ4v) is 5.68. The zero-order valence-corrected chi connectivity index (χ0v) is 22.4. The van der Waals surface area contributed by atoms with E-state index in [-0.39, 0.29) is 0 Å². The molecule has 37 heavy (non-hydrogen) atoms. The van der Waals surface area contributed by atoms with Gasteiger partial charge in [0.25, 0.3) is 0 Å². The summed E-state index contributed by atoms with van der Waals surface area (Å²) in [7, 11) is 0. The highest BCUT2D eigenvalue weighted by atomic mass is 35.5. The van der Waals surface area contributed by atoms with Gasteiger partial charge in [-0.15, -0.1) is 11.3 Å². The molecule has 0 unspecified atom stereocenters. The maximum Gasteiger partial charge on any atom is 0.211 e. The molecule has 6 heterocycles. The van der Waals surface area contributed by atoms with Crippen LogP contribution in [0.5, 0.6) is 0 Å². The Hall–Kier alpha value is -3.27. The van der Waals surface area contributed by atoms with Crippen LogP contribution in [0.3, 0.4) is 0 Å². The fourth-order valence-electron chi connectivity index (χ4n) is 4.55. The quantitative estimate of drug-likeness (QED) is 0.288. The summed E-state index contributed by atoms with van der Waals surface area (Å²) in [6.07, 6.45) is 3.59. The third-order valence-corrected chi connectivity index (χ3v) is 7.75. The lowest BCUT2D eigenvalue weighted by Crippen LogP contribution is -2.29. The van der Waals surface area contributed by atoms with E-state index in [4.69, 9.17) is 37.7 Å². The van der Waals surface area contributed by atoms with Gasteiger partial charge in [-0.05, 0) is 42.3 Å². The third-order valence-electron chi connectivity index (χ3n) is 6.28. The van der Waals surface area contributed by atoms with Crippen molar-refractivity contribution in [1.29, 1.82) is 0 Å². The van der Waals surface area contributed by atoms with Crippen molar-refractivity contribution in [2.75, 3.05) is 26.2 Å². The lowest BCUT2D eigenvalue weighted by atomic mass is 10.1. The monoisotopic (exact) mass is 551 g/mol. The number of nitrogens with zero attached hydrogens (tertiary/aromatic N) is 7. The first kappa shape index (κ1) is 24.1. The lowest BCUT2D eigenvalue weighted by Gasteiger charge is -2.20. The van der Waals surface area contributed by atoms with Gasteiger partial charge in [-0.2, -0.15) is 0 Å². The molecule has 0 spiro atoms. The van der Waals surface area contributed by atoms with Crippen molar-refractivity contribution in [1.82, 2.24) is 24.9 Å². The molecule has 0 amide bonds. The Labute approximate surface area is 228 Å². The molecule has 11 heteroatoms. The van der Waals surface area contributed by atoms with Crippen molar-refractivity contribution in [2.24, 2.45) is 9.98 Å². The van der Waals surface area contributed by atoms with Crippen molar-refractivity contribution >= 4 is 46.2 Å². The van der Waals surface area contributed by atoms with E-state index in [0.29, 0.717) is 42.2 Å². The molecule has 6 rings (SSSR count). The summed E-state index contributed by atoms with van der Waals surface area (Å²) in [6, 6.07) is 11.8. The molecule has 0 bridgehead atoms. The van der Waals surface area contributed by atoms with Gasteiger partial charge >= 0.3 is 0 Å². The minimum absolute atomic E-state index is 0.477. The van der Waals surface area contributed by atoms with Crippen molar-refractivity contribution in [3.05, 3.63) is 86.6 Å². The van der Waals surface area contributed by atoms with Crippen LogP contribution < -0.4 is 0 Å². The van der Waals surface area contributed by atoms with Gasteiger partial charge < -0.3 is 14.3 Å². The smallest absolute Gasteiger partial charge is 0.211 e. The summed E-state index contributed by atoms with van der Waals surface area (Å²) in [5.41, 5.74) is 3.77. The van der Waals surface area contributed by atoms with E-state index in [0.717, 1.165) is 52.0 Å². The molecule has 8 nitrogen and oxygen atoms in total. The lowest BCUT2D eigenvalue weighted by molar-refractivity contribution is 0.387. The van der Waals surface area contributed by atoms with Crippen LogP contribution in [-0.4, -0.2) is 62.8 Å². The Balaban J connectivity index is 1.35. The predicted molar refractivity (Wildman–Crippen MR) is 147 cm³/mol. The number of rotatable bonds is 7. The van der Waals surface area contributed by atoms with Crippen LogP contribution in [0.1, 0.15) is 27.5 Å². The van der Waals surface area contributed by atoms with Gasteiger partial charge in [0.15, 0.2) is 17.4 Å². The maximum absolute atomic E-state index is 6.07. The van der Waals surface area contributed by atoms with Gasteiger partial charge in [0.05, 0.1) is 18.7 Å². The van der Waals surface area contributed by atoms with Crippen LogP contribution in [0.25, 0.3) is 10.4 Å². The Morgan fingerprint density at radius 1 is 0.838 bits per heavy atom. The van der Waals surface area contributed by atoms with E-state index in [9.17, 15) is 0 Å². The second kappa shape index (κ2) is 10.2. The highest BCUT2D eigenvalue weighted by molar-refractivity contribution is 7.15. The number of thiophene rings is 1. The van der Waals surface area contributed by atoms with Crippen LogP contribution in [-0.2, 0) is 13.1 Å². The molecule has 0 N–H and O–H groups in total. The molecule has 0 atom stereocenters. The molecule has 188 valence electrons. The van der Waals surface area contributed by atoms with E-state index in [2.05, 4.69) is 44.0 Å². The largest absolute Gasteiger partial charge is 0.352 e. The van der Waals surface area contributed by atoms with Crippen LogP contribution >= 0.6 is 34.5 Å². The molecule has 2 aliphatic rings. The number of aromatic nitrogens is 3. The zero-order chi connectivity index (χ0) is 25.4. The molecule has 0 fully saturated rings. The van der Waals surface area contributed by atoms with Gasteiger partial charge in [0.1, 0.15) is 10.3 Å². The molecule has 0 radical (unpaired) electrons. The highest BCUT2D eigenvalue weighted by Gasteiger charge is 2.33. The molecule has 0 saturated heterocycles. The van der Waals surface area contributed by atoms with Gasteiger partial charge in [-0.3, -0.25) is 9.98 Å². The molecule has 4 aromatic heterocycles. The second-order valence-corrected chi connectivity index (χ2v) is 10.9. The summed E-state index contributed by atoms with van der Waals surface area (Å²) in [4.78, 5) is 24.8. The van der Waals surface area contributed by atoms with Gasteiger partial charge in [-0.1, -0.05) is 40.5 Å². The average Bonchev–Trinajstić information content (AvgIpc) is 3.69. The van der Waals surface area contributed by atoms with Crippen molar-refractivity contribution in [2.45, 2.75) is 20.0 Å². The molecule has 0 aromatic carbocycles. The number of aliphatic imine (C=N–C) groups is 2. The number of hydrogen-bond acceptors (Lipinski definition) is 9. The van der Waals surface area contributed by atoms with Crippen LogP contribution in [0.2, 0.25) is 10.3 Å². The number of amidine groups is 2. The number of aryl methyl sites for hydroxylation is 1. The van der Waals surface area contributed by atoms with E-state index in [1.165, 1.54) is 4.88 Å². The summed E-state index contributed by atoms with van der Waals surface area (Å²) < 4.78 is 6.07. The molecule has 4 aromatic rings. The topological polar surface area (TPSA) is 83.0 Å². The van der Waals surface area contributed by atoms with Gasteiger partial charge in [0.2, 0.25) is 5.76 Å². The minimum atomic E-state index is 0.477. The Bertz CT molecular complexity index is 1390. The molecule has 2 aliphatic heterocycles. The Kier molecular flexibility index (Phi) is 6.67. The summed E-state index contributed by atoms with van der Waals surface area (Å²) in [6.45, 7) is 6.36. The normalized spacial score (nSPS) is 15.4. The van der Waals surface area contributed by atoms with Crippen molar-refractivity contribution in [3.8, 4) is 10.4 Å². The minimum Gasteiger partial charge on any atom is -0.352 e. The Morgan fingerprint density at radius 2 is 1.46 bits per heavy atom. The average molecular weight is 552 g/mol. The van der Waals surface area contributed by atoms with E-state index in [1.807, 2.05) is 12.1 Å². The molecular weight excluding hydrogens is 529 g/mol. The summed E-state index contributed by atoms with van der Waals surface area (Å²) in [5, 5.41) is 5.53. The van der Waals surface area contributed by atoms with Crippen molar-refractivity contribution < 1.29 is 4.52 Å². The SMILES string of the molecule is Cc1ccc(-c2c(C3=NCCN3Cc3ccc(Cl)nc3)noc2C2=NCCN2Cc2ccc(Cl)nc2)s1. The summed E-state index contributed by atoms with van der Waals surface area (Å²) in [5.74, 6) is 2.28. The van der Waals surface area contributed by atoms with Crippen molar-refractivity contribution in [3.63, 3.8) is 0 Å². The highest BCUT2D eigenvalue weighted by Crippen LogP contribution is 2.36. The number of pyridine rings is 2. The number of halogens is 2. The first-order chi connectivity index (χ1) is 18.0. The first-order valence-electron chi connectivity index (χ1n) is 11.9. The van der Waals surface area contributed by atoms with E-state index in [1.54, 1.807) is 35.9 Å². The van der Waals surface area contributed by atoms with E-state index < -0.39 is 0 Å². The Morgan fingerprint density at radius 3 is 2.03 bits per heavy atom. The van der Waals surface area contributed by atoms with Gasteiger partial charge in [-0.25, -0.2) is 9.97 Å². The first-order valence-corrected chi connectivity index (χ1v) is 13.5.